The lowest BCUT2D eigenvalue weighted by atomic mass is 10.00. The summed E-state index contributed by atoms with van der Waals surface area (Å²) in [7, 11) is 0. The van der Waals surface area contributed by atoms with Crippen LogP contribution in [0.3, 0.4) is 0 Å². The van der Waals surface area contributed by atoms with Crippen LogP contribution in [-0.4, -0.2) is 33.4 Å². The summed E-state index contributed by atoms with van der Waals surface area (Å²) >= 11 is 0. The van der Waals surface area contributed by atoms with Gasteiger partial charge in [-0.1, -0.05) is 0 Å². The lowest BCUT2D eigenvalue weighted by Gasteiger charge is -2.32. The molecule has 18 heavy (non-hydrogen) atoms. The van der Waals surface area contributed by atoms with Crippen LogP contribution in [0.1, 0.15) is 19.5 Å². The van der Waals surface area contributed by atoms with Gasteiger partial charge in [-0.25, -0.2) is 0 Å². The molecule has 1 saturated heterocycles. The monoisotopic (exact) mass is 249 g/mol. The van der Waals surface area contributed by atoms with Crippen LogP contribution in [0.25, 0.3) is 0 Å². The summed E-state index contributed by atoms with van der Waals surface area (Å²) < 4.78 is 9.86. The average Bonchev–Trinajstić information content (AvgIpc) is 2.27. The molecule has 0 unspecified atom stereocenters. The Balaban J connectivity index is 2.27. The smallest absolute Gasteiger partial charge is 0.329 e. The van der Waals surface area contributed by atoms with Gasteiger partial charge in [-0.05, 0) is 0 Å². The summed E-state index contributed by atoms with van der Waals surface area (Å²) in [4.78, 5) is 31.1. The minimum absolute atomic E-state index is 0.135. The first kappa shape index (κ1) is 12.2. The Kier molecular flexibility index (Phi) is 2.82. The molecule has 0 aliphatic carbocycles. The molecule has 1 aliphatic rings. The van der Waals surface area contributed by atoms with Gasteiger partial charge in [0, 0.05) is 26.2 Å². The van der Waals surface area contributed by atoms with Crippen LogP contribution in [0.15, 0.2) is 18.6 Å². The van der Waals surface area contributed by atoms with Gasteiger partial charge in [-0.3, -0.25) is 19.6 Å². The first-order valence-corrected chi connectivity index (χ1v) is 5.21. The minimum Gasteiger partial charge on any atom is -0.422 e. The van der Waals surface area contributed by atoms with Gasteiger partial charge in [-0.15, -0.1) is 0 Å². The Hall–Kier alpha value is -2.31. The van der Waals surface area contributed by atoms with Crippen LogP contribution in [-0.2, 0) is 19.1 Å². The maximum atomic E-state index is 11.7. The number of nitrogens with one attached hydrogen (secondary N) is 1. The van der Waals surface area contributed by atoms with Crippen LogP contribution >= 0.6 is 0 Å². The number of esters is 2. The van der Waals surface area contributed by atoms with Crippen molar-refractivity contribution in [2.45, 2.75) is 19.6 Å². The predicted octanol–water partition coefficient (Wildman–Crippen LogP) is 0.297. The molecule has 0 spiro atoms. The number of carbonyl (C=O) groups excluding carboxylic acids is 2. The molecule has 0 aromatic carbocycles. The van der Waals surface area contributed by atoms with E-state index in [4.69, 9.17) is 14.9 Å². The van der Waals surface area contributed by atoms with E-state index < -0.39 is 23.6 Å². The number of hydrogen-bond donors (Lipinski definition) is 1. The molecule has 7 heteroatoms. The summed E-state index contributed by atoms with van der Waals surface area (Å²) in [5.74, 6) is -4.33. The Morgan fingerprint density at radius 1 is 1.28 bits per heavy atom. The molecule has 2 rings (SSSR count). The van der Waals surface area contributed by atoms with E-state index in [0.29, 0.717) is 0 Å². The molecule has 0 amide bonds. The fourth-order valence-corrected chi connectivity index (χ4v) is 1.54. The Morgan fingerprint density at radius 3 is 2.39 bits per heavy atom. The number of aromatic nitrogens is 2. The maximum absolute atomic E-state index is 11.7. The van der Waals surface area contributed by atoms with Crippen molar-refractivity contribution in [2.24, 2.45) is 5.92 Å². The second-order valence-electron chi connectivity index (χ2n) is 4.18. The number of rotatable bonds is 2. The molecule has 1 aromatic heterocycles. The van der Waals surface area contributed by atoms with E-state index >= 15 is 0 Å². The van der Waals surface area contributed by atoms with Crippen LogP contribution in [0.4, 0.5) is 0 Å². The van der Waals surface area contributed by atoms with Crippen molar-refractivity contribution in [3.63, 3.8) is 0 Å². The SMILES string of the molecule is CC1(C)OC(=O)C(C(=N)c2cnccn2)C(=O)O1. The van der Waals surface area contributed by atoms with Crippen LogP contribution in [0.2, 0.25) is 0 Å². The predicted molar refractivity (Wildman–Crippen MR) is 58.6 cm³/mol. The van der Waals surface area contributed by atoms with Crippen LogP contribution in [0.5, 0.6) is 0 Å². The molecular formula is C11H11N3O4. The lowest BCUT2D eigenvalue weighted by molar-refractivity contribution is -0.235. The largest absolute Gasteiger partial charge is 0.422 e. The molecule has 0 radical (unpaired) electrons. The van der Waals surface area contributed by atoms with Crippen molar-refractivity contribution in [3.8, 4) is 0 Å². The van der Waals surface area contributed by atoms with Gasteiger partial charge in [-0.2, -0.15) is 0 Å². The van der Waals surface area contributed by atoms with Crippen molar-refractivity contribution in [2.75, 3.05) is 0 Å². The third-order valence-electron chi connectivity index (χ3n) is 2.29. The number of ether oxygens (including phenoxy) is 2. The minimum atomic E-state index is -1.41. The van der Waals surface area contributed by atoms with E-state index in [1.54, 1.807) is 0 Å². The van der Waals surface area contributed by atoms with E-state index in [1.165, 1.54) is 32.4 Å². The van der Waals surface area contributed by atoms with E-state index in [9.17, 15) is 9.59 Å². The Bertz CT molecular complexity index is 492. The highest BCUT2D eigenvalue weighted by Gasteiger charge is 2.46. The fourth-order valence-electron chi connectivity index (χ4n) is 1.54. The standard InChI is InChI=1S/C11H11N3O4/c1-11(2)17-9(15)7(10(16)18-11)8(12)6-5-13-3-4-14-6/h3-5,7,12H,1-2H3. The highest BCUT2D eigenvalue weighted by Crippen LogP contribution is 2.24. The molecule has 1 aromatic rings. The second-order valence-corrected chi connectivity index (χ2v) is 4.18. The molecule has 94 valence electrons. The number of carbonyl (C=O) groups is 2. The maximum Gasteiger partial charge on any atom is 0.329 e. The third kappa shape index (κ3) is 2.20. The quantitative estimate of drug-likeness (QED) is 0.459. The van der Waals surface area contributed by atoms with Gasteiger partial charge >= 0.3 is 11.9 Å². The summed E-state index contributed by atoms with van der Waals surface area (Å²) in [5, 5.41) is 7.81. The molecule has 0 bridgehead atoms. The number of hydrogen-bond acceptors (Lipinski definition) is 7. The van der Waals surface area contributed by atoms with Gasteiger partial charge in [0.1, 0.15) is 5.69 Å². The van der Waals surface area contributed by atoms with Crippen molar-refractivity contribution >= 4 is 17.7 Å². The molecule has 2 heterocycles. The zero-order valence-corrected chi connectivity index (χ0v) is 9.84. The first-order valence-electron chi connectivity index (χ1n) is 5.21. The number of cyclic esters (lactones) is 2. The highest BCUT2D eigenvalue weighted by atomic mass is 16.7. The molecule has 0 atom stereocenters. The molecular weight excluding hydrogens is 238 g/mol. The average molecular weight is 249 g/mol. The first-order chi connectivity index (χ1) is 8.41. The van der Waals surface area contributed by atoms with Crippen molar-refractivity contribution in [1.82, 2.24) is 9.97 Å². The van der Waals surface area contributed by atoms with Gasteiger partial charge in [0.05, 0.1) is 11.9 Å². The Morgan fingerprint density at radius 2 is 1.89 bits per heavy atom. The molecule has 1 N–H and O–H groups in total. The van der Waals surface area contributed by atoms with Crippen molar-refractivity contribution < 1.29 is 19.1 Å². The summed E-state index contributed by atoms with van der Waals surface area (Å²) in [6, 6.07) is 0. The lowest BCUT2D eigenvalue weighted by Crippen LogP contribution is -2.49. The number of nitrogens with zero attached hydrogens (tertiary/aromatic N) is 2. The summed E-state index contributed by atoms with van der Waals surface area (Å²) in [6.45, 7) is 2.90. The zero-order chi connectivity index (χ0) is 13.3. The fraction of sp³-hybridized carbons (Fsp3) is 0.364. The van der Waals surface area contributed by atoms with Crippen molar-refractivity contribution in [3.05, 3.63) is 24.3 Å². The normalized spacial score (nSPS) is 19.0. The molecule has 1 fully saturated rings. The van der Waals surface area contributed by atoms with E-state index in [0.717, 1.165) is 0 Å². The summed E-state index contributed by atoms with van der Waals surface area (Å²) in [6.07, 6.45) is 4.09. The van der Waals surface area contributed by atoms with E-state index in [1.807, 2.05) is 0 Å². The van der Waals surface area contributed by atoms with Crippen LogP contribution < -0.4 is 0 Å². The summed E-state index contributed by atoms with van der Waals surface area (Å²) in [5.41, 5.74) is -0.148. The highest BCUT2D eigenvalue weighted by molar-refractivity contribution is 6.21. The van der Waals surface area contributed by atoms with Gasteiger partial charge < -0.3 is 14.9 Å². The van der Waals surface area contributed by atoms with E-state index in [2.05, 4.69) is 9.97 Å². The van der Waals surface area contributed by atoms with Gasteiger partial charge in [0.2, 0.25) is 0 Å². The second kappa shape index (κ2) is 4.17. The van der Waals surface area contributed by atoms with Crippen molar-refractivity contribution in [1.29, 1.82) is 5.41 Å². The van der Waals surface area contributed by atoms with Gasteiger partial charge in [0.25, 0.3) is 5.79 Å². The topological polar surface area (TPSA) is 102 Å². The molecule has 0 saturated carbocycles. The Labute approximate surface area is 103 Å². The van der Waals surface area contributed by atoms with E-state index in [-0.39, 0.29) is 11.4 Å². The molecule has 7 nitrogen and oxygen atoms in total. The molecule has 1 aliphatic heterocycles. The van der Waals surface area contributed by atoms with Gasteiger partial charge in [0.15, 0.2) is 5.92 Å². The third-order valence-corrected chi connectivity index (χ3v) is 2.29. The zero-order valence-electron chi connectivity index (χ0n) is 9.84. The van der Waals surface area contributed by atoms with Crippen LogP contribution in [0, 0.1) is 11.3 Å².